The Morgan fingerprint density at radius 1 is 1.11 bits per heavy atom. The highest BCUT2D eigenvalue weighted by Crippen LogP contribution is 2.36. The van der Waals surface area contributed by atoms with Crippen molar-refractivity contribution in [1.82, 2.24) is 14.5 Å². The van der Waals surface area contributed by atoms with Crippen LogP contribution in [0.2, 0.25) is 0 Å². The molecule has 45 heavy (non-hydrogen) atoms. The van der Waals surface area contributed by atoms with E-state index in [4.69, 9.17) is 18.9 Å². The van der Waals surface area contributed by atoms with Gasteiger partial charge in [0.25, 0.3) is 5.56 Å². The zero-order valence-corrected chi connectivity index (χ0v) is 27.7. The van der Waals surface area contributed by atoms with E-state index in [0.717, 1.165) is 16.8 Å². The lowest BCUT2D eigenvalue weighted by Gasteiger charge is -2.26. The molecule has 4 heterocycles. The second-order valence-electron chi connectivity index (χ2n) is 9.80. The van der Waals surface area contributed by atoms with E-state index in [1.807, 2.05) is 74.5 Å². The summed E-state index contributed by atoms with van der Waals surface area (Å²) >= 11 is 6.05. The minimum absolute atomic E-state index is 0.173. The van der Waals surface area contributed by atoms with Gasteiger partial charge in [-0.05, 0) is 78.3 Å². The molecule has 228 valence electrons. The summed E-state index contributed by atoms with van der Waals surface area (Å²) in [6.07, 6.45) is 3.37. The highest BCUT2D eigenvalue weighted by molar-refractivity contribution is 9.10. The van der Waals surface area contributed by atoms with E-state index in [1.165, 1.54) is 23.1 Å². The van der Waals surface area contributed by atoms with Gasteiger partial charge in [0.15, 0.2) is 15.1 Å². The SMILES string of the molecule is CCOC(=O)C1=C(c2ccccc2)N=c2s/c(=C\c3cc(Br)c(Sc4nccc(C)n4)o3)c(=O)n2[C@@H]1c1ccc(OCC)cc1. The molecule has 3 aromatic heterocycles. The topological polar surface area (TPSA) is 109 Å². The molecule has 5 aromatic rings. The summed E-state index contributed by atoms with van der Waals surface area (Å²) in [5.41, 5.74) is 2.73. The van der Waals surface area contributed by atoms with E-state index in [-0.39, 0.29) is 17.7 Å². The molecule has 0 fully saturated rings. The van der Waals surface area contributed by atoms with Crippen LogP contribution in [0, 0.1) is 6.92 Å². The van der Waals surface area contributed by atoms with Gasteiger partial charge in [-0.15, -0.1) is 0 Å². The van der Waals surface area contributed by atoms with Crippen LogP contribution < -0.4 is 19.6 Å². The highest BCUT2D eigenvalue weighted by atomic mass is 79.9. The second-order valence-corrected chi connectivity index (χ2v) is 12.6. The maximum absolute atomic E-state index is 14.2. The lowest BCUT2D eigenvalue weighted by molar-refractivity contribution is -0.138. The molecule has 0 unspecified atom stereocenters. The number of aryl methyl sites for hydroxylation is 1. The lowest BCUT2D eigenvalue weighted by Crippen LogP contribution is -2.40. The molecule has 0 bridgehead atoms. The van der Waals surface area contributed by atoms with Crippen molar-refractivity contribution < 1.29 is 18.7 Å². The van der Waals surface area contributed by atoms with Gasteiger partial charge < -0.3 is 13.9 Å². The molecule has 0 radical (unpaired) electrons. The van der Waals surface area contributed by atoms with Gasteiger partial charge in [0.2, 0.25) is 0 Å². The Bertz CT molecular complexity index is 2090. The van der Waals surface area contributed by atoms with Crippen molar-refractivity contribution in [2.24, 2.45) is 4.99 Å². The van der Waals surface area contributed by atoms with Gasteiger partial charge in [0, 0.05) is 23.5 Å². The van der Waals surface area contributed by atoms with Gasteiger partial charge in [0.1, 0.15) is 11.5 Å². The number of carbonyl (C=O) groups excluding carboxylic acids is 1. The molecule has 2 aromatic carbocycles. The number of esters is 1. The molecule has 1 atom stereocenters. The van der Waals surface area contributed by atoms with Crippen LogP contribution in [0.15, 0.2) is 107 Å². The van der Waals surface area contributed by atoms with Gasteiger partial charge in [-0.25, -0.2) is 19.8 Å². The zero-order valence-electron chi connectivity index (χ0n) is 24.5. The fourth-order valence-electron chi connectivity index (χ4n) is 4.87. The quantitative estimate of drug-likeness (QED) is 0.137. The lowest BCUT2D eigenvalue weighted by atomic mass is 9.93. The second kappa shape index (κ2) is 13.4. The summed E-state index contributed by atoms with van der Waals surface area (Å²) in [4.78, 5) is 41.9. The van der Waals surface area contributed by atoms with Crippen LogP contribution in [0.5, 0.6) is 5.75 Å². The molecule has 0 amide bonds. The number of hydrogen-bond acceptors (Lipinski definition) is 10. The molecular formula is C33H27BrN4O5S2. The first kappa shape index (κ1) is 30.8. The summed E-state index contributed by atoms with van der Waals surface area (Å²) < 4.78 is 19.9. The zero-order chi connectivity index (χ0) is 31.5. The van der Waals surface area contributed by atoms with Crippen LogP contribution >= 0.6 is 39.0 Å². The number of hydrogen-bond donors (Lipinski definition) is 0. The van der Waals surface area contributed by atoms with E-state index in [0.29, 0.717) is 47.9 Å². The largest absolute Gasteiger partial charge is 0.494 e. The van der Waals surface area contributed by atoms with Crippen molar-refractivity contribution in [3.05, 3.63) is 125 Å². The monoisotopic (exact) mass is 702 g/mol. The number of furan rings is 1. The van der Waals surface area contributed by atoms with Gasteiger partial charge in [-0.2, -0.15) is 0 Å². The van der Waals surface area contributed by atoms with E-state index >= 15 is 0 Å². The van der Waals surface area contributed by atoms with E-state index in [1.54, 1.807) is 29.8 Å². The third kappa shape index (κ3) is 6.44. The number of rotatable bonds is 9. The Hall–Kier alpha value is -4.26. The molecule has 9 nitrogen and oxygen atoms in total. The molecule has 6 rings (SSSR count). The van der Waals surface area contributed by atoms with Crippen molar-refractivity contribution in [3.8, 4) is 5.75 Å². The van der Waals surface area contributed by atoms with Crippen molar-refractivity contribution in [2.75, 3.05) is 13.2 Å². The number of thiazole rings is 1. The summed E-state index contributed by atoms with van der Waals surface area (Å²) in [6, 6.07) is 19.6. The molecule has 1 aliphatic heterocycles. The molecule has 1 aliphatic rings. The van der Waals surface area contributed by atoms with E-state index < -0.39 is 12.0 Å². The molecule has 12 heteroatoms. The van der Waals surface area contributed by atoms with Crippen LogP contribution in [-0.4, -0.2) is 33.7 Å². The molecule has 0 saturated carbocycles. The van der Waals surface area contributed by atoms with Gasteiger partial charge in [-0.3, -0.25) is 9.36 Å². The third-order valence-corrected chi connectivity index (χ3v) is 9.49. The summed E-state index contributed by atoms with van der Waals surface area (Å²) in [7, 11) is 0. The normalized spacial score (nSPS) is 14.7. The minimum Gasteiger partial charge on any atom is -0.494 e. The first-order chi connectivity index (χ1) is 21.9. The fourth-order valence-corrected chi connectivity index (χ4v) is 7.16. The number of nitrogens with zero attached hydrogens (tertiary/aromatic N) is 4. The first-order valence-electron chi connectivity index (χ1n) is 14.1. The number of fused-ring (bicyclic) bond motifs is 1. The van der Waals surface area contributed by atoms with Gasteiger partial charge >= 0.3 is 5.97 Å². The number of ether oxygens (including phenoxy) is 2. The van der Waals surface area contributed by atoms with Crippen LogP contribution in [0.1, 0.15) is 42.5 Å². The molecule has 0 N–H and O–H groups in total. The summed E-state index contributed by atoms with van der Waals surface area (Å²) in [5.74, 6) is 0.614. The average molecular weight is 704 g/mol. The van der Waals surface area contributed by atoms with Crippen molar-refractivity contribution in [3.63, 3.8) is 0 Å². The predicted octanol–water partition coefficient (Wildman–Crippen LogP) is 5.94. The standard InChI is InChI=1S/C33H27BrN4O5S2/c1-4-41-22-13-11-21(12-14-22)28-26(30(40)42-5-2)27(20-9-7-6-8-10-20)37-33-38(28)29(39)25(44-33)18-23-17-24(34)31(43-23)45-32-35-16-15-19(3)36-32/h6-18,28H,4-5H2,1-3H3/b25-18-/t28-/m1/s1. The highest BCUT2D eigenvalue weighted by Gasteiger charge is 2.35. The number of benzene rings is 2. The van der Waals surface area contributed by atoms with Crippen LogP contribution in [0.4, 0.5) is 0 Å². The summed E-state index contributed by atoms with van der Waals surface area (Å²) in [5, 5.41) is 1.11. The van der Waals surface area contributed by atoms with Crippen LogP contribution in [0.3, 0.4) is 0 Å². The third-order valence-electron chi connectivity index (χ3n) is 6.79. The van der Waals surface area contributed by atoms with Crippen molar-refractivity contribution in [2.45, 2.75) is 37.1 Å². The Labute approximate surface area is 275 Å². The van der Waals surface area contributed by atoms with Gasteiger partial charge in [0.05, 0.1) is 39.5 Å². The fraction of sp³-hybridized carbons (Fsp3) is 0.182. The van der Waals surface area contributed by atoms with Crippen LogP contribution in [-0.2, 0) is 9.53 Å². The Morgan fingerprint density at radius 3 is 2.60 bits per heavy atom. The maximum atomic E-state index is 14.2. The average Bonchev–Trinajstić information content (AvgIpc) is 3.54. The number of aromatic nitrogens is 3. The molecule has 0 aliphatic carbocycles. The Balaban J connectivity index is 1.52. The summed E-state index contributed by atoms with van der Waals surface area (Å²) in [6.45, 7) is 6.25. The Kier molecular flexibility index (Phi) is 9.15. The van der Waals surface area contributed by atoms with Gasteiger partial charge in [-0.1, -0.05) is 53.8 Å². The van der Waals surface area contributed by atoms with E-state index in [9.17, 15) is 9.59 Å². The number of carbonyl (C=O) groups is 1. The molecule has 0 saturated heterocycles. The molecular weight excluding hydrogens is 676 g/mol. The maximum Gasteiger partial charge on any atom is 0.338 e. The van der Waals surface area contributed by atoms with Crippen LogP contribution in [0.25, 0.3) is 11.8 Å². The minimum atomic E-state index is -0.791. The van der Waals surface area contributed by atoms with E-state index in [2.05, 4.69) is 25.9 Å². The number of halogens is 1. The van der Waals surface area contributed by atoms with Crippen molar-refractivity contribution >= 4 is 56.8 Å². The first-order valence-corrected chi connectivity index (χ1v) is 16.6. The smallest absolute Gasteiger partial charge is 0.338 e. The predicted molar refractivity (Wildman–Crippen MR) is 176 cm³/mol. The van der Waals surface area contributed by atoms with Crippen molar-refractivity contribution in [1.29, 1.82) is 0 Å². The molecule has 0 spiro atoms. The Morgan fingerprint density at radius 2 is 1.89 bits per heavy atom.